The first-order chi connectivity index (χ1) is 30.7. The largest absolute Gasteiger partial charge is 0.456 e. The molecule has 12 rings (SSSR count). The molecule has 0 atom stereocenters. The SMILES string of the molecule is c1cc(-c2ccc(-c3ccc4c(ccc5ccccc54)c3)cc2)cc(N(c2ccc(-c3cccc4oc5ccccc5c34)cc2)c2cccc(-c3cccc4ccccc34)c2)c1. The molecule has 290 valence electrons. The van der Waals surface area contributed by atoms with Crippen molar-refractivity contribution in [2.45, 2.75) is 0 Å². The van der Waals surface area contributed by atoms with Crippen molar-refractivity contribution >= 4 is 71.3 Å². The monoisotopic (exact) mass is 789 g/mol. The van der Waals surface area contributed by atoms with E-state index in [0.29, 0.717) is 0 Å². The molecule has 0 N–H and O–H groups in total. The topological polar surface area (TPSA) is 16.4 Å². The average Bonchev–Trinajstić information content (AvgIpc) is 3.73. The van der Waals surface area contributed by atoms with Crippen molar-refractivity contribution in [1.29, 1.82) is 0 Å². The fraction of sp³-hybridized carbons (Fsp3) is 0. The predicted octanol–water partition coefficient (Wildman–Crippen LogP) is 17.2. The minimum absolute atomic E-state index is 0.899. The molecule has 0 radical (unpaired) electrons. The van der Waals surface area contributed by atoms with Crippen molar-refractivity contribution in [1.82, 2.24) is 0 Å². The highest BCUT2D eigenvalue weighted by Gasteiger charge is 2.17. The fourth-order valence-electron chi connectivity index (χ4n) is 9.41. The molecule has 2 heteroatoms. The van der Waals surface area contributed by atoms with Gasteiger partial charge in [-0.1, -0.05) is 182 Å². The van der Waals surface area contributed by atoms with Gasteiger partial charge in [-0.3, -0.25) is 0 Å². The quantitative estimate of drug-likeness (QED) is 0.150. The summed E-state index contributed by atoms with van der Waals surface area (Å²) < 4.78 is 6.26. The Labute approximate surface area is 360 Å². The fourth-order valence-corrected chi connectivity index (χ4v) is 9.41. The molecule has 0 fully saturated rings. The van der Waals surface area contributed by atoms with Crippen molar-refractivity contribution in [3.05, 3.63) is 237 Å². The highest BCUT2D eigenvalue weighted by Crippen LogP contribution is 2.42. The number of nitrogens with zero attached hydrogens (tertiary/aromatic N) is 1. The number of furan rings is 1. The second-order valence-corrected chi connectivity index (χ2v) is 16.1. The molecule has 11 aromatic carbocycles. The molecule has 0 bridgehead atoms. The molecular weight excluding hydrogens is 751 g/mol. The second kappa shape index (κ2) is 14.8. The Kier molecular flexibility index (Phi) is 8.53. The Morgan fingerprint density at radius 1 is 0.258 bits per heavy atom. The lowest BCUT2D eigenvalue weighted by Crippen LogP contribution is -2.10. The van der Waals surface area contributed by atoms with Crippen LogP contribution in [0.25, 0.3) is 98.8 Å². The first-order valence-electron chi connectivity index (χ1n) is 21.2. The number of benzene rings is 11. The van der Waals surface area contributed by atoms with E-state index in [0.717, 1.165) is 55.7 Å². The number of anilines is 3. The Morgan fingerprint density at radius 2 is 0.774 bits per heavy atom. The Balaban J connectivity index is 0.938. The summed E-state index contributed by atoms with van der Waals surface area (Å²) in [5, 5.41) is 9.84. The molecule has 0 saturated heterocycles. The van der Waals surface area contributed by atoms with Gasteiger partial charge in [-0.15, -0.1) is 0 Å². The molecule has 12 aromatic rings. The average molecular weight is 790 g/mol. The van der Waals surface area contributed by atoms with Crippen LogP contribution in [-0.4, -0.2) is 0 Å². The predicted molar refractivity (Wildman–Crippen MR) is 263 cm³/mol. The smallest absolute Gasteiger partial charge is 0.136 e. The molecule has 2 nitrogen and oxygen atoms in total. The molecule has 0 amide bonds. The third-order valence-corrected chi connectivity index (χ3v) is 12.4. The maximum absolute atomic E-state index is 6.26. The Morgan fingerprint density at radius 3 is 1.56 bits per heavy atom. The van der Waals surface area contributed by atoms with E-state index in [-0.39, 0.29) is 0 Å². The lowest BCUT2D eigenvalue weighted by atomic mass is 9.96. The van der Waals surface area contributed by atoms with Crippen LogP contribution >= 0.6 is 0 Å². The Hall–Kier alpha value is -8.20. The molecule has 62 heavy (non-hydrogen) atoms. The van der Waals surface area contributed by atoms with Crippen LogP contribution in [0.1, 0.15) is 0 Å². The van der Waals surface area contributed by atoms with E-state index in [1.165, 1.54) is 60.1 Å². The van der Waals surface area contributed by atoms with Gasteiger partial charge in [0, 0.05) is 27.8 Å². The van der Waals surface area contributed by atoms with Crippen LogP contribution in [0.3, 0.4) is 0 Å². The highest BCUT2D eigenvalue weighted by atomic mass is 16.3. The number of para-hydroxylation sites is 1. The van der Waals surface area contributed by atoms with Crippen LogP contribution in [-0.2, 0) is 0 Å². The first kappa shape index (κ1) is 35.7. The zero-order valence-corrected chi connectivity index (χ0v) is 33.9. The summed E-state index contributed by atoms with van der Waals surface area (Å²) in [6.45, 7) is 0. The van der Waals surface area contributed by atoms with Crippen LogP contribution in [0.15, 0.2) is 241 Å². The van der Waals surface area contributed by atoms with E-state index in [4.69, 9.17) is 4.42 Å². The van der Waals surface area contributed by atoms with Crippen molar-refractivity contribution in [2.24, 2.45) is 0 Å². The lowest BCUT2D eigenvalue weighted by Gasteiger charge is -2.27. The van der Waals surface area contributed by atoms with E-state index >= 15 is 0 Å². The summed E-state index contributed by atoms with van der Waals surface area (Å²) in [6, 6.07) is 85.5. The van der Waals surface area contributed by atoms with Gasteiger partial charge >= 0.3 is 0 Å². The molecule has 0 saturated carbocycles. The minimum atomic E-state index is 0.899. The summed E-state index contributed by atoms with van der Waals surface area (Å²) in [7, 11) is 0. The van der Waals surface area contributed by atoms with Crippen LogP contribution in [0.5, 0.6) is 0 Å². The molecular formula is C60H39NO. The van der Waals surface area contributed by atoms with E-state index in [9.17, 15) is 0 Å². The second-order valence-electron chi connectivity index (χ2n) is 16.1. The number of hydrogen-bond donors (Lipinski definition) is 0. The third-order valence-electron chi connectivity index (χ3n) is 12.4. The molecule has 0 aliphatic carbocycles. The van der Waals surface area contributed by atoms with Crippen LogP contribution in [0.4, 0.5) is 17.1 Å². The van der Waals surface area contributed by atoms with Gasteiger partial charge in [0.25, 0.3) is 0 Å². The van der Waals surface area contributed by atoms with Gasteiger partial charge in [-0.2, -0.15) is 0 Å². The molecule has 1 heterocycles. The first-order valence-corrected chi connectivity index (χ1v) is 21.2. The standard InChI is InChI=1S/C60H39NO/c1-3-18-52-42(11-1)13-9-21-54(52)47-15-8-17-51(39-47)61(49-34-31-44(32-35-49)56-22-10-24-59-60(56)57-20-5-6-23-58(57)62-59)50-16-7-14-45(38-50)40-25-27-41(28-26-40)46-33-36-55-48(37-46)30-29-43-12-2-4-19-53(43)55/h1-39H. The summed E-state index contributed by atoms with van der Waals surface area (Å²) in [4.78, 5) is 2.38. The summed E-state index contributed by atoms with van der Waals surface area (Å²) in [5.41, 5.74) is 14.5. The van der Waals surface area contributed by atoms with E-state index in [1.807, 2.05) is 12.1 Å². The van der Waals surface area contributed by atoms with Crippen LogP contribution < -0.4 is 4.90 Å². The van der Waals surface area contributed by atoms with Crippen molar-refractivity contribution < 1.29 is 4.42 Å². The molecule has 0 aliphatic heterocycles. The van der Waals surface area contributed by atoms with Gasteiger partial charge in [0.1, 0.15) is 11.2 Å². The van der Waals surface area contributed by atoms with Crippen LogP contribution in [0.2, 0.25) is 0 Å². The van der Waals surface area contributed by atoms with Crippen molar-refractivity contribution in [2.75, 3.05) is 4.90 Å². The van der Waals surface area contributed by atoms with Crippen molar-refractivity contribution in [3.63, 3.8) is 0 Å². The van der Waals surface area contributed by atoms with Gasteiger partial charge in [0.2, 0.25) is 0 Å². The zero-order valence-electron chi connectivity index (χ0n) is 33.9. The maximum atomic E-state index is 6.26. The normalized spacial score (nSPS) is 11.5. The van der Waals surface area contributed by atoms with Gasteiger partial charge in [-0.05, 0) is 131 Å². The number of rotatable bonds is 7. The minimum Gasteiger partial charge on any atom is -0.456 e. The van der Waals surface area contributed by atoms with Gasteiger partial charge in [0.15, 0.2) is 0 Å². The lowest BCUT2D eigenvalue weighted by molar-refractivity contribution is 0.669. The number of hydrogen-bond acceptors (Lipinski definition) is 2. The van der Waals surface area contributed by atoms with E-state index in [1.54, 1.807) is 0 Å². The van der Waals surface area contributed by atoms with Crippen molar-refractivity contribution in [3.8, 4) is 44.5 Å². The zero-order chi connectivity index (χ0) is 41.0. The van der Waals surface area contributed by atoms with Gasteiger partial charge in [0.05, 0.1) is 0 Å². The summed E-state index contributed by atoms with van der Waals surface area (Å²) >= 11 is 0. The Bertz CT molecular complexity index is 3630. The number of fused-ring (bicyclic) bond motifs is 7. The van der Waals surface area contributed by atoms with E-state index < -0.39 is 0 Å². The molecule has 0 aliphatic rings. The van der Waals surface area contributed by atoms with Gasteiger partial charge in [-0.25, -0.2) is 0 Å². The maximum Gasteiger partial charge on any atom is 0.136 e. The molecule has 1 aromatic heterocycles. The molecule has 0 unspecified atom stereocenters. The summed E-state index contributed by atoms with van der Waals surface area (Å²) in [5.74, 6) is 0. The van der Waals surface area contributed by atoms with E-state index in [2.05, 4.69) is 229 Å². The van der Waals surface area contributed by atoms with Gasteiger partial charge < -0.3 is 9.32 Å². The summed E-state index contributed by atoms with van der Waals surface area (Å²) in [6.07, 6.45) is 0. The third kappa shape index (κ3) is 6.20. The highest BCUT2D eigenvalue weighted by molar-refractivity contribution is 6.12. The molecule has 0 spiro atoms. The van der Waals surface area contributed by atoms with Crippen LogP contribution in [0, 0.1) is 0 Å².